The summed E-state index contributed by atoms with van der Waals surface area (Å²) in [6.07, 6.45) is 1.77. The number of ether oxygens (including phenoxy) is 1. The van der Waals surface area contributed by atoms with Crippen LogP contribution in [0.1, 0.15) is 34.1 Å². The first-order chi connectivity index (χ1) is 4.29. The van der Waals surface area contributed by atoms with Crippen LogP contribution in [0.3, 0.4) is 0 Å². The second-order valence-electron chi connectivity index (χ2n) is 2.48. The minimum Gasteiger partial charge on any atom is -0.378 e. The van der Waals surface area contributed by atoms with Gasteiger partial charge in [0.25, 0.3) is 0 Å². The first-order valence-corrected chi connectivity index (χ1v) is 3.90. The Labute approximate surface area is 58.4 Å². The lowest BCUT2D eigenvalue weighted by molar-refractivity contribution is 0.121. The fraction of sp³-hybridized carbons (Fsp3) is 1.00. The number of rotatable bonds is 0. The maximum absolute atomic E-state index is 5.27. The summed E-state index contributed by atoms with van der Waals surface area (Å²) in [4.78, 5) is 0. The highest BCUT2D eigenvalue weighted by Gasteiger charge is 2.16. The van der Waals surface area contributed by atoms with Gasteiger partial charge in [0.1, 0.15) is 0 Å². The Morgan fingerprint density at radius 1 is 1.22 bits per heavy atom. The van der Waals surface area contributed by atoms with Crippen molar-refractivity contribution >= 4 is 0 Å². The van der Waals surface area contributed by atoms with Gasteiger partial charge in [-0.3, -0.25) is 0 Å². The lowest BCUT2D eigenvalue weighted by Crippen LogP contribution is -1.94. The van der Waals surface area contributed by atoms with Gasteiger partial charge in [-0.15, -0.1) is 0 Å². The van der Waals surface area contributed by atoms with E-state index in [1.165, 1.54) is 6.42 Å². The molecule has 0 aliphatic carbocycles. The molecule has 0 aromatic rings. The molecule has 9 heavy (non-hydrogen) atoms. The molecule has 0 radical (unpaired) electrons. The molecule has 1 heterocycles. The van der Waals surface area contributed by atoms with Gasteiger partial charge in [-0.25, -0.2) is 0 Å². The normalized spacial score (nSPS) is 33.3. The standard InChI is InChI=1S/C6H12O.C2H6/c1-5-3-6(2)7-4-5;1-2/h5-6H,3-4H2,1-2H3;1-2H3/t5-,6+;/m1./s1. The zero-order chi connectivity index (χ0) is 7.28. The van der Waals surface area contributed by atoms with Gasteiger partial charge in [0, 0.05) is 6.61 Å². The Balaban J connectivity index is 0.000000291. The molecule has 1 rings (SSSR count). The molecule has 1 aliphatic rings. The molecule has 0 unspecified atom stereocenters. The molecule has 0 N–H and O–H groups in total. The average molecular weight is 130 g/mol. The summed E-state index contributed by atoms with van der Waals surface area (Å²) >= 11 is 0. The molecule has 0 saturated carbocycles. The third-order valence-corrected chi connectivity index (χ3v) is 1.40. The van der Waals surface area contributed by atoms with Crippen LogP contribution in [0.4, 0.5) is 0 Å². The van der Waals surface area contributed by atoms with Gasteiger partial charge in [0.05, 0.1) is 6.10 Å². The van der Waals surface area contributed by atoms with E-state index in [0.29, 0.717) is 6.10 Å². The molecule has 0 spiro atoms. The Hall–Kier alpha value is -0.0400. The third kappa shape index (κ3) is 3.52. The van der Waals surface area contributed by atoms with Crippen LogP contribution in [0.15, 0.2) is 0 Å². The quantitative estimate of drug-likeness (QED) is 0.489. The summed E-state index contributed by atoms with van der Waals surface area (Å²) in [5.74, 6) is 0.801. The van der Waals surface area contributed by atoms with Crippen molar-refractivity contribution in [2.45, 2.75) is 40.2 Å². The van der Waals surface area contributed by atoms with E-state index < -0.39 is 0 Å². The number of hydrogen-bond acceptors (Lipinski definition) is 1. The molecule has 1 heteroatoms. The van der Waals surface area contributed by atoms with E-state index in [1.54, 1.807) is 0 Å². The molecule has 56 valence electrons. The summed E-state index contributed by atoms with van der Waals surface area (Å²) in [5, 5.41) is 0. The van der Waals surface area contributed by atoms with Gasteiger partial charge in [0.15, 0.2) is 0 Å². The molecule has 2 atom stereocenters. The molecule has 1 saturated heterocycles. The summed E-state index contributed by atoms with van der Waals surface area (Å²) in [6.45, 7) is 9.33. The van der Waals surface area contributed by atoms with E-state index >= 15 is 0 Å². The van der Waals surface area contributed by atoms with Crippen molar-refractivity contribution in [2.24, 2.45) is 5.92 Å². The molecule has 1 fully saturated rings. The summed E-state index contributed by atoms with van der Waals surface area (Å²) < 4.78 is 5.27. The fourth-order valence-electron chi connectivity index (χ4n) is 1.03. The highest BCUT2D eigenvalue weighted by Crippen LogP contribution is 2.16. The van der Waals surface area contributed by atoms with Crippen LogP contribution in [0.2, 0.25) is 0 Å². The fourth-order valence-corrected chi connectivity index (χ4v) is 1.03. The van der Waals surface area contributed by atoms with Crippen molar-refractivity contribution in [2.75, 3.05) is 6.61 Å². The molecule has 0 bridgehead atoms. The zero-order valence-electron chi connectivity index (χ0n) is 6.98. The molecule has 0 aromatic heterocycles. The Kier molecular flexibility index (Phi) is 4.78. The van der Waals surface area contributed by atoms with Crippen LogP contribution in [0.5, 0.6) is 0 Å². The second-order valence-corrected chi connectivity index (χ2v) is 2.48. The van der Waals surface area contributed by atoms with Gasteiger partial charge in [0.2, 0.25) is 0 Å². The van der Waals surface area contributed by atoms with Crippen molar-refractivity contribution in [3.05, 3.63) is 0 Å². The SMILES string of the molecule is CC.C[C@H]1CO[C@@H](C)C1. The zero-order valence-corrected chi connectivity index (χ0v) is 6.98. The maximum atomic E-state index is 5.27. The van der Waals surface area contributed by atoms with Crippen LogP contribution in [0, 0.1) is 5.92 Å². The van der Waals surface area contributed by atoms with E-state index in [9.17, 15) is 0 Å². The molecular formula is C8H18O. The topological polar surface area (TPSA) is 9.23 Å². The number of hydrogen-bond donors (Lipinski definition) is 0. The summed E-state index contributed by atoms with van der Waals surface area (Å²) in [6, 6.07) is 0. The van der Waals surface area contributed by atoms with Crippen molar-refractivity contribution in [1.29, 1.82) is 0 Å². The van der Waals surface area contributed by atoms with E-state index in [4.69, 9.17) is 4.74 Å². The third-order valence-electron chi connectivity index (χ3n) is 1.40. The second kappa shape index (κ2) is 4.80. The van der Waals surface area contributed by atoms with Crippen LogP contribution in [-0.2, 0) is 4.74 Å². The Morgan fingerprint density at radius 3 is 1.89 bits per heavy atom. The van der Waals surface area contributed by atoms with Crippen molar-refractivity contribution in [1.82, 2.24) is 0 Å². The molecule has 1 aliphatic heterocycles. The lowest BCUT2D eigenvalue weighted by Gasteiger charge is -1.94. The van der Waals surface area contributed by atoms with Gasteiger partial charge in [-0.1, -0.05) is 20.8 Å². The van der Waals surface area contributed by atoms with Crippen molar-refractivity contribution < 1.29 is 4.74 Å². The summed E-state index contributed by atoms with van der Waals surface area (Å²) in [7, 11) is 0. The summed E-state index contributed by atoms with van der Waals surface area (Å²) in [5.41, 5.74) is 0. The van der Waals surface area contributed by atoms with E-state index in [2.05, 4.69) is 13.8 Å². The van der Waals surface area contributed by atoms with Gasteiger partial charge < -0.3 is 4.74 Å². The van der Waals surface area contributed by atoms with E-state index in [1.807, 2.05) is 13.8 Å². The molecule has 1 nitrogen and oxygen atoms in total. The van der Waals surface area contributed by atoms with Crippen LogP contribution >= 0.6 is 0 Å². The van der Waals surface area contributed by atoms with Crippen molar-refractivity contribution in [3.63, 3.8) is 0 Å². The predicted molar refractivity (Wildman–Crippen MR) is 40.5 cm³/mol. The first-order valence-electron chi connectivity index (χ1n) is 3.90. The van der Waals surface area contributed by atoms with Gasteiger partial charge in [-0.2, -0.15) is 0 Å². The average Bonchev–Trinajstić information content (AvgIpc) is 2.20. The van der Waals surface area contributed by atoms with Crippen molar-refractivity contribution in [3.8, 4) is 0 Å². The highest BCUT2D eigenvalue weighted by atomic mass is 16.5. The van der Waals surface area contributed by atoms with Crippen LogP contribution in [-0.4, -0.2) is 12.7 Å². The predicted octanol–water partition coefficient (Wildman–Crippen LogP) is 2.46. The first kappa shape index (κ1) is 8.96. The minimum absolute atomic E-state index is 0.523. The van der Waals surface area contributed by atoms with E-state index in [0.717, 1.165) is 12.5 Å². The van der Waals surface area contributed by atoms with E-state index in [-0.39, 0.29) is 0 Å². The van der Waals surface area contributed by atoms with Crippen LogP contribution < -0.4 is 0 Å². The lowest BCUT2D eigenvalue weighted by atomic mass is 10.1. The van der Waals surface area contributed by atoms with Gasteiger partial charge in [-0.05, 0) is 19.3 Å². The molecule has 0 aromatic carbocycles. The molecular weight excluding hydrogens is 112 g/mol. The van der Waals surface area contributed by atoms with Crippen LogP contribution in [0.25, 0.3) is 0 Å². The Bertz CT molecular complexity index is 53.6. The van der Waals surface area contributed by atoms with Gasteiger partial charge >= 0.3 is 0 Å². The highest BCUT2D eigenvalue weighted by molar-refractivity contribution is 4.64. The maximum Gasteiger partial charge on any atom is 0.0550 e. The molecule has 0 amide bonds. The minimum atomic E-state index is 0.523. The largest absolute Gasteiger partial charge is 0.378 e. The monoisotopic (exact) mass is 130 g/mol. The smallest absolute Gasteiger partial charge is 0.0550 e. The Morgan fingerprint density at radius 2 is 1.78 bits per heavy atom.